The number of carboxylic acids is 1. The highest BCUT2D eigenvalue weighted by Crippen LogP contribution is 2.29. The lowest BCUT2D eigenvalue weighted by Crippen LogP contribution is -2.58. The molecule has 1 saturated carbocycles. The van der Waals surface area contributed by atoms with Gasteiger partial charge in [0, 0.05) is 19.5 Å². The van der Waals surface area contributed by atoms with Crippen LogP contribution in [-0.2, 0) is 14.4 Å². The summed E-state index contributed by atoms with van der Waals surface area (Å²) in [5, 5.41) is 12.4. The molecule has 0 radical (unpaired) electrons. The smallest absolute Gasteiger partial charge is 0.329 e. The molecule has 1 aliphatic carbocycles. The van der Waals surface area contributed by atoms with Gasteiger partial charge >= 0.3 is 5.97 Å². The van der Waals surface area contributed by atoms with Crippen LogP contribution in [0, 0.1) is 5.92 Å². The molecule has 2 fully saturated rings. The standard InChI is InChI=1S/C17H28N2O4/c1-2-7-14(20)19-11-6-8-13(12-19)15(21)18-17(16(22)23)9-4-3-5-10-17/h13H,2-12H2,1H3,(H,18,21)(H,22,23). The largest absolute Gasteiger partial charge is 0.480 e. The molecular weight excluding hydrogens is 296 g/mol. The number of likely N-dealkylation sites (tertiary alicyclic amines) is 1. The van der Waals surface area contributed by atoms with Gasteiger partial charge in [-0.2, -0.15) is 0 Å². The van der Waals surface area contributed by atoms with Gasteiger partial charge in [-0.05, 0) is 32.1 Å². The van der Waals surface area contributed by atoms with Crippen LogP contribution in [0.1, 0.15) is 64.7 Å². The Balaban J connectivity index is 1.98. The lowest BCUT2D eigenvalue weighted by molar-refractivity contribution is -0.150. The van der Waals surface area contributed by atoms with E-state index >= 15 is 0 Å². The number of nitrogens with zero attached hydrogens (tertiary/aromatic N) is 1. The number of carboxylic acid groups (broad SMARTS) is 1. The van der Waals surface area contributed by atoms with Crippen LogP contribution >= 0.6 is 0 Å². The maximum atomic E-state index is 12.6. The number of rotatable bonds is 5. The Bertz CT molecular complexity index is 458. The second kappa shape index (κ2) is 7.79. The number of amides is 2. The Morgan fingerprint density at radius 1 is 1.17 bits per heavy atom. The number of carbonyl (C=O) groups excluding carboxylic acids is 2. The fraction of sp³-hybridized carbons (Fsp3) is 0.824. The van der Waals surface area contributed by atoms with E-state index in [9.17, 15) is 19.5 Å². The van der Waals surface area contributed by atoms with Gasteiger partial charge in [0.05, 0.1) is 5.92 Å². The first-order valence-corrected chi connectivity index (χ1v) is 8.81. The fourth-order valence-corrected chi connectivity index (χ4v) is 3.68. The number of nitrogens with one attached hydrogen (secondary N) is 1. The summed E-state index contributed by atoms with van der Waals surface area (Å²) in [6.07, 6.45) is 6.51. The Hall–Kier alpha value is -1.59. The summed E-state index contributed by atoms with van der Waals surface area (Å²) in [4.78, 5) is 38.0. The summed E-state index contributed by atoms with van der Waals surface area (Å²) in [5.74, 6) is -1.33. The SMILES string of the molecule is CCCC(=O)N1CCCC(C(=O)NC2(C(=O)O)CCCCC2)C1. The maximum Gasteiger partial charge on any atom is 0.329 e. The van der Waals surface area contributed by atoms with Crippen molar-refractivity contribution < 1.29 is 19.5 Å². The zero-order chi connectivity index (χ0) is 16.9. The van der Waals surface area contributed by atoms with E-state index in [1.54, 1.807) is 4.90 Å². The van der Waals surface area contributed by atoms with Crippen molar-refractivity contribution in [1.82, 2.24) is 10.2 Å². The molecule has 23 heavy (non-hydrogen) atoms. The highest BCUT2D eigenvalue weighted by molar-refractivity contribution is 5.88. The maximum absolute atomic E-state index is 12.6. The molecule has 0 aromatic carbocycles. The molecule has 1 saturated heterocycles. The summed E-state index contributed by atoms with van der Waals surface area (Å²) >= 11 is 0. The highest BCUT2D eigenvalue weighted by atomic mass is 16.4. The van der Waals surface area contributed by atoms with Crippen LogP contribution in [0.25, 0.3) is 0 Å². The van der Waals surface area contributed by atoms with Gasteiger partial charge in [-0.3, -0.25) is 9.59 Å². The van der Waals surface area contributed by atoms with Crippen molar-refractivity contribution in [3.63, 3.8) is 0 Å². The molecule has 0 aromatic heterocycles. The molecule has 2 aliphatic rings. The van der Waals surface area contributed by atoms with Crippen LogP contribution in [0.2, 0.25) is 0 Å². The third kappa shape index (κ3) is 4.24. The first-order valence-electron chi connectivity index (χ1n) is 8.81. The Kier molecular flexibility index (Phi) is 6.02. The van der Waals surface area contributed by atoms with E-state index < -0.39 is 11.5 Å². The lowest BCUT2D eigenvalue weighted by atomic mass is 9.81. The predicted molar refractivity (Wildman–Crippen MR) is 85.8 cm³/mol. The van der Waals surface area contributed by atoms with Crippen molar-refractivity contribution >= 4 is 17.8 Å². The van der Waals surface area contributed by atoms with Crippen molar-refractivity contribution in [2.75, 3.05) is 13.1 Å². The van der Waals surface area contributed by atoms with Gasteiger partial charge in [-0.1, -0.05) is 26.2 Å². The van der Waals surface area contributed by atoms with Gasteiger partial charge in [0.15, 0.2) is 0 Å². The van der Waals surface area contributed by atoms with Crippen LogP contribution in [-0.4, -0.2) is 46.4 Å². The molecule has 0 aromatic rings. The fourth-order valence-electron chi connectivity index (χ4n) is 3.68. The first-order chi connectivity index (χ1) is 11.0. The monoisotopic (exact) mass is 324 g/mol. The second-order valence-corrected chi connectivity index (χ2v) is 6.87. The third-order valence-electron chi connectivity index (χ3n) is 5.09. The van der Waals surface area contributed by atoms with Gasteiger partial charge in [0.1, 0.15) is 5.54 Å². The molecule has 1 heterocycles. The van der Waals surface area contributed by atoms with Crippen molar-refractivity contribution in [3.8, 4) is 0 Å². The molecule has 0 bridgehead atoms. The van der Waals surface area contributed by atoms with Gasteiger partial charge in [0.25, 0.3) is 0 Å². The molecule has 1 atom stereocenters. The van der Waals surface area contributed by atoms with E-state index in [1.165, 1.54) is 0 Å². The Labute approximate surface area is 137 Å². The van der Waals surface area contributed by atoms with Gasteiger partial charge in [0.2, 0.25) is 11.8 Å². The molecule has 130 valence electrons. The van der Waals surface area contributed by atoms with Gasteiger partial charge < -0.3 is 15.3 Å². The van der Waals surface area contributed by atoms with Crippen molar-refractivity contribution in [1.29, 1.82) is 0 Å². The van der Waals surface area contributed by atoms with Gasteiger partial charge in [-0.25, -0.2) is 4.79 Å². The van der Waals surface area contributed by atoms with Crippen LogP contribution in [0.4, 0.5) is 0 Å². The summed E-state index contributed by atoms with van der Waals surface area (Å²) in [5.41, 5.74) is -1.11. The minimum atomic E-state index is -1.11. The van der Waals surface area contributed by atoms with E-state index in [2.05, 4.69) is 5.32 Å². The van der Waals surface area contributed by atoms with Crippen LogP contribution in [0.3, 0.4) is 0 Å². The van der Waals surface area contributed by atoms with Gasteiger partial charge in [-0.15, -0.1) is 0 Å². The summed E-state index contributed by atoms with van der Waals surface area (Å²) in [6.45, 7) is 3.08. The molecule has 6 nitrogen and oxygen atoms in total. The minimum Gasteiger partial charge on any atom is -0.480 e. The average Bonchev–Trinajstić information content (AvgIpc) is 2.56. The number of piperidine rings is 1. The topological polar surface area (TPSA) is 86.7 Å². The molecule has 0 spiro atoms. The van der Waals surface area contributed by atoms with Crippen LogP contribution < -0.4 is 5.32 Å². The van der Waals surface area contributed by atoms with Crippen LogP contribution in [0.5, 0.6) is 0 Å². The molecule has 2 N–H and O–H groups in total. The minimum absolute atomic E-state index is 0.0932. The highest BCUT2D eigenvalue weighted by Gasteiger charge is 2.42. The van der Waals surface area contributed by atoms with E-state index in [4.69, 9.17) is 0 Å². The first kappa shape index (κ1) is 17.8. The Morgan fingerprint density at radius 3 is 2.48 bits per heavy atom. The van der Waals surface area contributed by atoms with Crippen LogP contribution in [0.15, 0.2) is 0 Å². The van der Waals surface area contributed by atoms with E-state index in [-0.39, 0.29) is 17.7 Å². The molecule has 1 aliphatic heterocycles. The van der Waals surface area contributed by atoms with E-state index in [0.29, 0.717) is 32.4 Å². The third-order valence-corrected chi connectivity index (χ3v) is 5.09. The van der Waals surface area contributed by atoms with Crippen molar-refractivity contribution in [2.45, 2.75) is 70.3 Å². The molecule has 6 heteroatoms. The van der Waals surface area contributed by atoms with Crippen molar-refractivity contribution in [3.05, 3.63) is 0 Å². The van der Waals surface area contributed by atoms with E-state index in [1.807, 2.05) is 6.92 Å². The average molecular weight is 324 g/mol. The van der Waals surface area contributed by atoms with E-state index in [0.717, 1.165) is 38.5 Å². The molecular formula is C17H28N2O4. The normalized spacial score (nSPS) is 24.0. The molecule has 2 amide bonds. The molecule has 2 rings (SSSR count). The summed E-state index contributed by atoms with van der Waals surface area (Å²) < 4.78 is 0. The van der Waals surface area contributed by atoms with Crippen molar-refractivity contribution in [2.24, 2.45) is 5.92 Å². The Morgan fingerprint density at radius 2 is 1.87 bits per heavy atom. The zero-order valence-corrected chi connectivity index (χ0v) is 14.0. The lowest BCUT2D eigenvalue weighted by Gasteiger charge is -2.37. The quantitative estimate of drug-likeness (QED) is 0.809. The number of aliphatic carboxylic acids is 1. The second-order valence-electron chi connectivity index (χ2n) is 6.87. The number of hydrogen-bond acceptors (Lipinski definition) is 3. The molecule has 1 unspecified atom stereocenters. The predicted octanol–water partition coefficient (Wildman–Crippen LogP) is 1.93. The summed E-state index contributed by atoms with van der Waals surface area (Å²) in [6, 6.07) is 0. The zero-order valence-electron chi connectivity index (χ0n) is 14.0. The number of carbonyl (C=O) groups is 3. The summed E-state index contributed by atoms with van der Waals surface area (Å²) in [7, 11) is 0. The number of hydrogen-bond donors (Lipinski definition) is 2.